The molecular formula is C21H38IN5O2. The van der Waals surface area contributed by atoms with Gasteiger partial charge in [0, 0.05) is 64.3 Å². The van der Waals surface area contributed by atoms with Crippen molar-refractivity contribution in [1.29, 1.82) is 0 Å². The van der Waals surface area contributed by atoms with Gasteiger partial charge >= 0.3 is 0 Å². The van der Waals surface area contributed by atoms with E-state index >= 15 is 0 Å². The number of amides is 1. The van der Waals surface area contributed by atoms with Gasteiger partial charge in [-0.25, -0.2) is 0 Å². The van der Waals surface area contributed by atoms with Crippen LogP contribution in [0.1, 0.15) is 44.9 Å². The molecule has 0 aromatic heterocycles. The maximum Gasteiger partial charge on any atom is 0.236 e. The SMILES string of the molecule is CN=C(NC1CCN(CC(=O)N(C)C)CC1)NC1C2CCOC2C12CCCC2.I. The summed E-state index contributed by atoms with van der Waals surface area (Å²) in [7, 11) is 5.52. The highest BCUT2D eigenvalue weighted by atomic mass is 127. The number of hydrogen-bond donors (Lipinski definition) is 2. The molecular weight excluding hydrogens is 481 g/mol. The first-order chi connectivity index (χ1) is 13.5. The molecule has 4 aliphatic rings. The summed E-state index contributed by atoms with van der Waals surface area (Å²) >= 11 is 0. The summed E-state index contributed by atoms with van der Waals surface area (Å²) in [6.45, 7) is 3.37. The number of carbonyl (C=O) groups is 1. The Labute approximate surface area is 192 Å². The van der Waals surface area contributed by atoms with E-state index in [9.17, 15) is 4.79 Å². The number of carbonyl (C=O) groups excluding carboxylic acids is 1. The van der Waals surface area contributed by atoms with Crippen LogP contribution in [0.4, 0.5) is 0 Å². The molecule has 0 aromatic carbocycles. The fourth-order valence-corrected chi connectivity index (χ4v) is 5.98. The molecule has 7 nitrogen and oxygen atoms in total. The second-order valence-corrected chi connectivity index (χ2v) is 9.36. The summed E-state index contributed by atoms with van der Waals surface area (Å²) in [6, 6.07) is 0.929. The standard InChI is InChI=1S/C21H37N5O2.HI/c1-22-20(23-15-6-11-26(12-7-15)14-17(27)25(2)3)24-18-16-8-13-28-19(16)21(18)9-4-5-10-21;/h15-16,18-19H,4-14H2,1-3H3,(H2,22,23,24);1H. The first-order valence-electron chi connectivity index (χ1n) is 11.1. The molecule has 3 atom stereocenters. The number of likely N-dealkylation sites (tertiary alicyclic amines) is 1. The van der Waals surface area contributed by atoms with E-state index in [0.29, 0.717) is 36.1 Å². The minimum absolute atomic E-state index is 0. The zero-order chi connectivity index (χ0) is 19.7. The van der Waals surface area contributed by atoms with Crippen LogP contribution in [0, 0.1) is 11.3 Å². The fourth-order valence-electron chi connectivity index (χ4n) is 5.98. The van der Waals surface area contributed by atoms with Crippen LogP contribution in [0.15, 0.2) is 4.99 Å². The molecule has 2 heterocycles. The van der Waals surface area contributed by atoms with Gasteiger partial charge in [-0.2, -0.15) is 0 Å². The van der Waals surface area contributed by atoms with Gasteiger partial charge in [0.15, 0.2) is 5.96 Å². The molecule has 1 amide bonds. The number of nitrogens with one attached hydrogen (secondary N) is 2. The minimum Gasteiger partial charge on any atom is -0.377 e. The molecule has 2 N–H and O–H groups in total. The zero-order valence-corrected chi connectivity index (χ0v) is 20.5. The van der Waals surface area contributed by atoms with Gasteiger partial charge in [0.25, 0.3) is 0 Å². The van der Waals surface area contributed by atoms with E-state index in [0.717, 1.165) is 38.5 Å². The van der Waals surface area contributed by atoms with Crippen LogP contribution < -0.4 is 10.6 Å². The van der Waals surface area contributed by atoms with Crippen molar-refractivity contribution in [3.8, 4) is 0 Å². The minimum atomic E-state index is 0. The number of rotatable bonds is 4. The van der Waals surface area contributed by atoms with Crippen molar-refractivity contribution in [3.05, 3.63) is 0 Å². The maximum atomic E-state index is 11.9. The average Bonchev–Trinajstić information content (AvgIpc) is 3.35. The summed E-state index contributed by atoms with van der Waals surface area (Å²) in [6.07, 6.45) is 9.01. The first kappa shape index (κ1) is 23.1. The average molecular weight is 519 g/mol. The molecule has 8 heteroatoms. The van der Waals surface area contributed by atoms with E-state index in [2.05, 4.69) is 20.5 Å². The predicted molar refractivity (Wildman–Crippen MR) is 126 cm³/mol. The maximum absolute atomic E-state index is 11.9. The van der Waals surface area contributed by atoms with Crippen LogP contribution in [-0.4, -0.2) is 87.2 Å². The van der Waals surface area contributed by atoms with E-state index < -0.39 is 0 Å². The number of ether oxygens (including phenoxy) is 1. The third kappa shape index (κ3) is 4.54. The van der Waals surface area contributed by atoms with E-state index in [-0.39, 0.29) is 29.9 Å². The molecule has 4 rings (SSSR count). The second kappa shape index (κ2) is 9.68. The van der Waals surface area contributed by atoms with Crippen molar-refractivity contribution >= 4 is 35.8 Å². The third-order valence-corrected chi connectivity index (χ3v) is 7.59. The number of nitrogens with zero attached hydrogens (tertiary/aromatic N) is 3. The molecule has 2 saturated carbocycles. The van der Waals surface area contributed by atoms with Gasteiger partial charge in [0.1, 0.15) is 0 Å². The molecule has 4 fully saturated rings. The Morgan fingerprint density at radius 2 is 1.86 bits per heavy atom. The monoisotopic (exact) mass is 519 g/mol. The fraction of sp³-hybridized carbons (Fsp3) is 0.905. The Balaban J connectivity index is 0.00000240. The van der Waals surface area contributed by atoms with Gasteiger partial charge in [-0.1, -0.05) is 12.8 Å². The van der Waals surface area contributed by atoms with E-state index in [1.165, 1.54) is 32.1 Å². The van der Waals surface area contributed by atoms with E-state index in [1.54, 1.807) is 4.90 Å². The Morgan fingerprint density at radius 3 is 2.48 bits per heavy atom. The topological polar surface area (TPSA) is 69.2 Å². The highest BCUT2D eigenvalue weighted by molar-refractivity contribution is 14.0. The quantitative estimate of drug-likeness (QED) is 0.336. The van der Waals surface area contributed by atoms with Gasteiger partial charge in [0.2, 0.25) is 5.91 Å². The van der Waals surface area contributed by atoms with Gasteiger partial charge in [-0.05, 0) is 32.1 Å². The van der Waals surface area contributed by atoms with E-state index in [4.69, 9.17) is 4.74 Å². The lowest BCUT2D eigenvalue weighted by Crippen LogP contribution is -2.69. The van der Waals surface area contributed by atoms with Crippen LogP contribution in [0.5, 0.6) is 0 Å². The number of piperidine rings is 1. The Morgan fingerprint density at radius 1 is 1.17 bits per heavy atom. The van der Waals surface area contributed by atoms with E-state index in [1.807, 2.05) is 21.1 Å². The van der Waals surface area contributed by atoms with Crippen molar-refractivity contribution < 1.29 is 9.53 Å². The number of fused-ring (bicyclic) bond motifs is 2. The molecule has 0 radical (unpaired) electrons. The van der Waals surface area contributed by atoms with Gasteiger partial charge < -0.3 is 20.3 Å². The molecule has 0 bridgehead atoms. The van der Waals surface area contributed by atoms with Crippen LogP contribution in [0.25, 0.3) is 0 Å². The number of hydrogen-bond acceptors (Lipinski definition) is 4. The zero-order valence-electron chi connectivity index (χ0n) is 18.2. The number of aliphatic imine (C=N–C) groups is 1. The van der Waals surface area contributed by atoms with Gasteiger partial charge in [-0.15, -0.1) is 24.0 Å². The Kier molecular flexibility index (Phi) is 7.70. The van der Waals surface area contributed by atoms with Gasteiger partial charge in [0.05, 0.1) is 12.6 Å². The summed E-state index contributed by atoms with van der Waals surface area (Å²) in [5, 5.41) is 7.46. The normalized spacial score (nSPS) is 31.7. The number of guanidine groups is 1. The lowest BCUT2D eigenvalue weighted by Gasteiger charge is -2.57. The van der Waals surface area contributed by atoms with Crippen LogP contribution >= 0.6 is 24.0 Å². The lowest BCUT2D eigenvalue weighted by atomic mass is 9.54. The molecule has 166 valence electrons. The van der Waals surface area contributed by atoms with Crippen molar-refractivity contribution in [2.75, 3.05) is 47.4 Å². The summed E-state index contributed by atoms with van der Waals surface area (Å²) in [5.74, 6) is 1.78. The molecule has 3 unspecified atom stereocenters. The van der Waals surface area contributed by atoms with Crippen LogP contribution in [0.3, 0.4) is 0 Å². The number of likely N-dealkylation sites (N-methyl/N-ethyl adjacent to an activating group) is 1. The summed E-state index contributed by atoms with van der Waals surface area (Å²) in [4.78, 5) is 20.4. The van der Waals surface area contributed by atoms with Crippen LogP contribution in [0.2, 0.25) is 0 Å². The Hall–Kier alpha value is -0.610. The highest BCUT2D eigenvalue weighted by Crippen LogP contribution is 2.60. The summed E-state index contributed by atoms with van der Waals surface area (Å²) in [5.41, 5.74) is 0.342. The summed E-state index contributed by atoms with van der Waals surface area (Å²) < 4.78 is 6.11. The van der Waals surface area contributed by atoms with Crippen molar-refractivity contribution in [2.45, 2.75) is 63.1 Å². The predicted octanol–water partition coefficient (Wildman–Crippen LogP) is 1.67. The molecule has 2 saturated heterocycles. The Bertz CT molecular complexity index is 600. The molecule has 2 aliphatic heterocycles. The molecule has 29 heavy (non-hydrogen) atoms. The smallest absolute Gasteiger partial charge is 0.236 e. The number of halogens is 1. The van der Waals surface area contributed by atoms with Crippen LogP contribution in [-0.2, 0) is 9.53 Å². The second-order valence-electron chi connectivity index (χ2n) is 9.36. The van der Waals surface area contributed by atoms with Crippen molar-refractivity contribution in [1.82, 2.24) is 20.4 Å². The first-order valence-corrected chi connectivity index (χ1v) is 11.1. The molecule has 0 aromatic rings. The largest absolute Gasteiger partial charge is 0.377 e. The molecule has 2 aliphatic carbocycles. The van der Waals surface area contributed by atoms with Gasteiger partial charge in [-0.3, -0.25) is 14.7 Å². The highest BCUT2D eigenvalue weighted by Gasteiger charge is 2.65. The van der Waals surface area contributed by atoms with Crippen molar-refractivity contribution in [3.63, 3.8) is 0 Å². The molecule has 1 spiro atoms. The lowest BCUT2D eigenvalue weighted by molar-refractivity contribution is -0.130. The third-order valence-electron chi connectivity index (χ3n) is 7.59. The van der Waals surface area contributed by atoms with Crippen molar-refractivity contribution in [2.24, 2.45) is 16.3 Å².